The van der Waals surface area contributed by atoms with Crippen LogP contribution in [0.5, 0.6) is 11.5 Å². The van der Waals surface area contributed by atoms with Gasteiger partial charge >= 0.3 is 0 Å². The predicted molar refractivity (Wildman–Crippen MR) is 59.2 cm³/mol. The minimum atomic E-state index is 0.270. The summed E-state index contributed by atoms with van der Waals surface area (Å²) in [6.45, 7) is 0. The van der Waals surface area contributed by atoms with E-state index in [1.54, 1.807) is 7.11 Å². The van der Waals surface area contributed by atoms with Crippen LogP contribution in [0.25, 0.3) is 0 Å². The summed E-state index contributed by atoms with van der Waals surface area (Å²) in [5.41, 5.74) is 5.83. The lowest BCUT2D eigenvalue weighted by Crippen LogP contribution is -2.19. The molecule has 0 aliphatic heterocycles. The molecule has 0 heterocycles. The lowest BCUT2D eigenvalue weighted by Gasteiger charge is -2.13. The van der Waals surface area contributed by atoms with Crippen LogP contribution in [-0.2, 0) is 0 Å². The van der Waals surface area contributed by atoms with Gasteiger partial charge in [-0.1, -0.05) is 6.07 Å². The van der Waals surface area contributed by atoms with Gasteiger partial charge in [0.1, 0.15) is 17.6 Å². The van der Waals surface area contributed by atoms with Gasteiger partial charge < -0.3 is 15.2 Å². The van der Waals surface area contributed by atoms with E-state index in [0.717, 1.165) is 30.8 Å². The highest BCUT2D eigenvalue weighted by molar-refractivity contribution is 5.33. The third-order valence-electron chi connectivity index (χ3n) is 2.77. The van der Waals surface area contributed by atoms with Crippen LogP contribution < -0.4 is 15.2 Å². The van der Waals surface area contributed by atoms with E-state index in [2.05, 4.69) is 0 Å². The van der Waals surface area contributed by atoms with Crippen LogP contribution in [-0.4, -0.2) is 19.3 Å². The monoisotopic (exact) mass is 207 g/mol. The highest BCUT2D eigenvalue weighted by Gasteiger charge is 2.23. The fourth-order valence-electron chi connectivity index (χ4n) is 1.95. The van der Waals surface area contributed by atoms with Crippen molar-refractivity contribution in [1.29, 1.82) is 0 Å². The Morgan fingerprint density at radius 3 is 2.73 bits per heavy atom. The molecule has 2 rings (SSSR count). The Balaban J connectivity index is 1.98. The first kappa shape index (κ1) is 10.3. The van der Waals surface area contributed by atoms with Crippen molar-refractivity contribution in [2.24, 2.45) is 5.73 Å². The number of hydrogen-bond donors (Lipinski definition) is 1. The van der Waals surface area contributed by atoms with Gasteiger partial charge in [0, 0.05) is 12.1 Å². The topological polar surface area (TPSA) is 44.5 Å². The lowest BCUT2D eigenvalue weighted by molar-refractivity contribution is 0.207. The summed E-state index contributed by atoms with van der Waals surface area (Å²) in [4.78, 5) is 0. The summed E-state index contributed by atoms with van der Waals surface area (Å²) < 4.78 is 11.0. The van der Waals surface area contributed by atoms with Gasteiger partial charge in [-0.05, 0) is 31.4 Å². The van der Waals surface area contributed by atoms with Crippen molar-refractivity contribution < 1.29 is 9.47 Å². The maximum absolute atomic E-state index is 5.83. The number of methoxy groups -OCH3 is 1. The van der Waals surface area contributed by atoms with E-state index >= 15 is 0 Å². The van der Waals surface area contributed by atoms with Gasteiger partial charge in [-0.25, -0.2) is 0 Å². The van der Waals surface area contributed by atoms with E-state index in [9.17, 15) is 0 Å². The van der Waals surface area contributed by atoms with Gasteiger partial charge in [0.15, 0.2) is 0 Å². The van der Waals surface area contributed by atoms with Crippen LogP contribution in [0.1, 0.15) is 19.3 Å². The van der Waals surface area contributed by atoms with E-state index in [-0.39, 0.29) is 6.10 Å². The Labute approximate surface area is 90.2 Å². The molecule has 15 heavy (non-hydrogen) atoms. The Morgan fingerprint density at radius 2 is 2.07 bits per heavy atom. The van der Waals surface area contributed by atoms with Crippen LogP contribution >= 0.6 is 0 Å². The Bertz CT molecular complexity index is 327. The molecule has 82 valence electrons. The zero-order valence-electron chi connectivity index (χ0n) is 8.98. The third-order valence-corrected chi connectivity index (χ3v) is 2.77. The molecule has 0 saturated heterocycles. The second kappa shape index (κ2) is 4.53. The van der Waals surface area contributed by atoms with Crippen LogP contribution in [0.2, 0.25) is 0 Å². The summed E-state index contributed by atoms with van der Waals surface area (Å²) in [5.74, 6) is 1.70. The highest BCUT2D eigenvalue weighted by Crippen LogP contribution is 2.25. The standard InChI is InChI=1S/C12H17NO2/c1-14-10-3-2-4-11(8-10)15-12-6-5-9(13)7-12/h2-4,8-9,12H,5-7,13H2,1H3. The van der Waals surface area contributed by atoms with Crippen molar-refractivity contribution in [3.63, 3.8) is 0 Å². The highest BCUT2D eigenvalue weighted by atomic mass is 16.5. The number of rotatable bonds is 3. The summed E-state index contributed by atoms with van der Waals surface area (Å²) >= 11 is 0. The third kappa shape index (κ3) is 2.63. The SMILES string of the molecule is COc1cccc(OC2CCC(N)C2)c1. The number of benzene rings is 1. The fourth-order valence-corrected chi connectivity index (χ4v) is 1.95. The maximum Gasteiger partial charge on any atom is 0.123 e. The molecule has 1 aromatic rings. The van der Waals surface area contributed by atoms with E-state index < -0.39 is 0 Å². The largest absolute Gasteiger partial charge is 0.497 e. The zero-order chi connectivity index (χ0) is 10.7. The first-order valence-electron chi connectivity index (χ1n) is 5.34. The van der Waals surface area contributed by atoms with Crippen LogP contribution in [0.15, 0.2) is 24.3 Å². The fraction of sp³-hybridized carbons (Fsp3) is 0.500. The molecule has 0 bridgehead atoms. The Kier molecular flexibility index (Phi) is 3.11. The van der Waals surface area contributed by atoms with Crippen LogP contribution in [0.4, 0.5) is 0 Å². The Morgan fingerprint density at radius 1 is 1.27 bits per heavy atom. The van der Waals surface area contributed by atoms with Gasteiger partial charge in [-0.15, -0.1) is 0 Å². The number of nitrogens with two attached hydrogens (primary N) is 1. The van der Waals surface area contributed by atoms with E-state index in [4.69, 9.17) is 15.2 Å². The summed E-state index contributed by atoms with van der Waals surface area (Å²) in [6.07, 6.45) is 3.34. The molecular formula is C12H17NO2. The summed E-state index contributed by atoms with van der Waals surface area (Å²) in [6, 6.07) is 8.01. The average molecular weight is 207 g/mol. The molecule has 1 aromatic carbocycles. The van der Waals surface area contributed by atoms with Crippen LogP contribution in [0.3, 0.4) is 0 Å². The van der Waals surface area contributed by atoms with Crippen molar-refractivity contribution in [2.45, 2.75) is 31.4 Å². The van der Waals surface area contributed by atoms with Crippen molar-refractivity contribution in [2.75, 3.05) is 7.11 Å². The number of ether oxygens (including phenoxy) is 2. The normalized spacial score (nSPS) is 25.2. The molecule has 1 fully saturated rings. The molecule has 2 atom stereocenters. The quantitative estimate of drug-likeness (QED) is 0.824. The molecule has 0 aromatic heterocycles. The van der Waals surface area contributed by atoms with Gasteiger partial charge in [0.05, 0.1) is 7.11 Å². The molecular weight excluding hydrogens is 190 g/mol. The minimum absolute atomic E-state index is 0.270. The molecule has 3 nitrogen and oxygen atoms in total. The smallest absolute Gasteiger partial charge is 0.123 e. The summed E-state index contributed by atoms with van der Waals surface area (Å²) in [7, 11) is 1.66. The molecule has 0 spiro atoms. The van der Waals surface area contributed by atoms with Gasteiger partial charge in [0.25, 0.3) is 0 Å². The van der Waals surface area contributed by atoms with Crippen molar-refractivity contribution in [1.82, 2.24) is 0 Å². The first-order chi connectivity index (χ1) is 7.28. The second-order valence-electron chi connectivity index (χ2n) is 3.99. The number of hydrogen-bond acceptors (Lipinski definition) is 3. The average Bonchev–Trinajstić information content (AvgIpc) is 2.64. The second-order valence-corrected chi connectivity index (χ2v) is 3.99. The van der Waals surface area contributed by atoms with Crippen molar-refractivity contribution in [3.8, 4) is 11.5 Å². The zero-order valence-corrected chi connectivity index (χ0v) is 8.98. The van der Waals surface area contributed by atoms with Gasteiger partial charge in [0.2, 0.25) is 0 Å². The molecule has 2 N–H and O–H groups in total. The molecule has 1 saturated carbocycles. The molecule has 1 aliphatic rings. The molecule has 3 heteroatoms. The van der Waals surface area contributed by atoms with E-state index in [0.29, 0.717) is 6.04 Å². The van der Waals surface area contributed by atoms with Crippen molar-refractivity contribution in [3.05, 3.63) is 24.3 Å². The van der Waals surface area contributed by atoms with Gasteiger partial charge in [-0.2, -0.15) is 0 Å². The molecule has 0 amide bonds. The van der Waals surface area contributed by atoms with E-state index in [1.807, 2.05) is 24.3 Å². The predicted octanol–water partition coefficient (Wildman–Crippen LogP) is 1.95. The van der Waals surface area contributed by atoms with Crippen LogP contribution in [0, 0.1) is 0 Å². The Hall–Kier alpha value is -1.22. The van der Waals surface area contributed by atoms with Crippen molar-refractivity contribution >= 4 is 0 Å². The minimum Gasteiger partial charge on any atom is -0.497 e. The molecule has 0 radical (unpaired) electrons. The van der Waals surface area contributed by atoms with E-state index in [1.165, 1.54) is 0 Å². The molecule has 1 aliphatic carbocycles. The first-order valence-corrected chi connectivity index (χ1v) is 5.34. The maximum atomic E-state index is 5.83. The lowest BCUT2D eigenvalue weighted by atomic mass is 10.2. The van der Waals surface area contributed by atoms with Gasteiger partial charge in [-0.3, -0.25) is 0 Å². The summed E-state index contributed by atoms with van der Waals surface area (Å²) in [5, 5.41) is 0. The molecule has 2 unspecified atom stereocenters.